The number of nitrogens with one attached hydrogen (secondary N) is 1. The summed E-state index contributed by atoms with van der Waals surface area (Å²) in [6.45, 7) is 4.13. The number of hydrogen-bond acceptors (Lipinski definition) is 7. The van der Waals surface area contributed by atoms with Crippen molar-refractivity contribution in [3.8, 4) is 0 Å². The summed E-state index contributed by atoms with van der Waals surface area (Å²) in [6.07, 6.45) is 0.854. The lowest BCUT2D eigenvalue weighted by molar-refractivity contribution is -0.123. The van der Waals surface area contributed by atoms with Gasteiger partial charge in [-0.15, -0.1) is 11.8 Å². The number of H-pyrrole nitrogens is 1. The fourth-order valence-corrected chi connectivity index (χ4v) is 10.4. The van der Waals surface area contributed by atoms with Crippen LogP contribution in [-0.4, -0.2) is 34.6 Å². The highest BCUT2D eigenvalue weighted by atomic mass is 32.2. The number of nitrogens with zero attached hydrogens (tertiary/aromatic N) is 1. The van der Waals surface area contributed by atoms with Crippen molar-refractivity contribution in [1.82, 2.24) is 4.98 Å². The Labute approximate surface area is 227 Å². The van der Waals surface area contributed by atoms with Gasteiger partial charge in [-0.25, -0.2) is 4.79 Å². The van der Waals surface area contributed by atoms with Crippen LogP contribution in [0, 0.1) is 36.5 Å². The number of aromatic nitrogens is 1. The van der Waals surface area contributed by atoms with E-state index in [9.17, 15) is 19.2 Å². The number of fused-ring (bicyclic) bond motifs is 9. The summed E-state index contributed by atoms with van der Waals surface area (Å²) in [4.78, 5) is 57.6. The summed E-state index contributed by atoms with van der Waals surface area (Å²) < 4.78 is 5.06. The molecule has 2 aliphatic carbocycles. The minimum absolute atomic E-state index is 0.0261. The number of carbonyl (C=O) groups is 3. The Morgan fingerprint density at radius 3 is 2.45 bits per heavy atom. The first-order valence-corrected chi connectivity index (χ1v) is 14.7. The number of anilines is 1. The molecule has 4 aliphatic rings. The van der Waals surface area contributed by atoms with Crippen molar-refractivity contribution in [3.63, 3.8) is 0 Å². The monoisotopic (exact) mass is 546 g/mol. The van der Waals surface area contributed by atoms with E-state index in [0.29, 0.717) is 11.3 Å². The van der Waals surface area contributed by atoms with E-state index in [1.54, 1.807) is 43.0 Å². The van der Waals surface area contributed by atoms with Gasteiger partial charge in [0.2, 0.25) is 11.8 Å². The van der Waals surface area contributed by atoms with Gasteiger partial charge in [-0.1, -0.05) is 35.6 Å². The lowest BCUT2D eigenvalue weighted by Gasteiger charge is -2.43. The fraction of sp³-hybridized carbons (Fsp3) is 0.379. The molecular weight excluding hydrogens is 520 g/mol. The summed E-state index contributed by atoms with van der Waals surface area (Å²) in [7, 11) is 0. The zero-order valence-electron chi connectivity index (χ0n) is 20.9. The van der Waals surface area contributed by atoms with Gasteiger partial charge in [0.1, 0.15) is 0 Å². The number of aryl methyl sites for hydroxylation is 1. The van der Waals surface area contributed by atoms with Gasteiger partial charge >= 0.3 is 10.8 Å². The van der Waals surface area contributed by atoms with Gasteiger partial charge in [-0.05, 0) is 73.4 Å². The van der Waals surface area contributed by atoms with Crippen LogP contribution in [0.15, 0.2) is 58.4 Å². The fourth-order valence-electron chi connectivity index (χ4n) is 7.52. The average Bonchev–Trinajstić information content (AvgIpc) is 3.64. The molecule has 7 nitrogen and oxygen atoms in total. The molecule has 194 valence electrons. The first-order chi connectivity index (χ1) is 18.4. The molecule has 0 spiro atoms. The summed E-state index contributed by atoms with van der Waals surface area (Å²) in [5.74, 6) is -1.09. The molecule has 1 N–H and O–H groups in total. The van der Waals surface area contributed by atoms with Crippen LogP contribution >= 0.6 is 23.1 Å². The molecule has 0 unspecified atom stereocenters. The van der Waals surface area contributed by atoms with Crippen LogP contribution in [0.4, 0.5) is 5.69 Å². The summed E-state index contributed by atoms with van der Waals surface area (Å²) in [5.41, 5.74) is 3.26. The number of amides is 2. The van der Waals surface area contributed by atoms with E-state index >= 15 is 0 Å². The number of thioether (sulfide) groups is 1. The highest BCUT2D eigenvalue weighted by molar-refractivity contribution is 8.00. The van der Waals surface area contributed by atoms with Crippen molar-refractivity contribution < 1.29 is 19.1 Å². The molecule has 1 aromatic heterocycles. The minimum atomic E-state index is -0.429. The number of ether oxygens (including phenoxy) is 1. The second kappa shape index (κ2) is 8.68. The van der Waals surface area contributed by atoms with Gasteiger partial charge in [0.05, 0.1) is 34.7 Å². The minimum Gasteiger partial charge on any atom is -0.462 e. The van der Waals surface area contributed by atoms with Crippen LogP contribution in [0.25, 0.3) is 0 Å². The summed E-state index contributed by atoms with van der Waals surface area (Å²) >= 11 is 2.97. The normalized spacial score (nSPS) is 30.8. The van der Waals surface area contributed by atoms with Gasteiger partial charge in [-0.3, -0.25) is 19.3 Å². The van der Waals surface area contributed by atoms with E-state index in [2.05, 4.69) is 24.0 Å². The van der Waals surface area contributed by atoms with Crippen LogP contribution in [0.5, 0.6) is 0 Å². The topological polar surface area (TPSA) is 96.5 Å². The molecule has 7 rings (SSSR count). The number of rotatable bonds is 4. The first-order valence-electron chi connectivity index (χ1n) is 13.0. The molecule has 2 amide bonds. The summed E-state index contributed by atoms with van der Waals surface area (Å²) in [5, 5.41) is 1.08. The molecule has 2 aliphatic heterocycles. The molecule has 38 heavy (non-hydrogen) atoms. The van der Waals surface area contributed by atoms with Gasteiger partial charge in [0, 0.05) is 16.0 Å². The van der Waals surface area contributed by atoms with Gasteiger partial charge in [-0.2, -0.15) is 0 Å². The maximum atomic E-state index is 13.9. The second-order valence-corrected chi connectivity index (χ2v) is 12.8. The quantitative estimate of drug-likeness (QED) is 0.380. The molecule has 2 saturated carbocycles. The number of hydrogen-bond donors (Lipinski definition) is 1. The predicted octanol–water partition coefficient (Wildman–Crippen LogP) is 4.60. The van der Waals surface area contributed by atoms with Crippen molar-refractivity contribution in [3.05, 3.63) is 79.8 Å². The molecule has 3 aromatic rings. The Morgan fingerprint density at radius 2 is 1.74 bits per heavy atom. The van der Waals surface area contributed by atoms with Gasteiger partial charge in [0.25, 0.3) is 0 Å². The number of imide groups is 1. The maximum absolute atomic E-state index is 13.9. The van der Waals surface area contributed by atoms with Crippen molar-refractivity contribution in [2.75, 3.05) is 11.5 Å². The van der Waals surface area contributed by atoms with Crippen LogP contribution < -0.4 is 9.77 Å². The van der Waals surface area contributed by atoms with Crippen LogP contribution in [0.3, 0.4) is 0 Å². The second-order valence-electron chi connectivity index (χ2n) is 10.6. The Morgan fingerprint density at radius 1 is 1.03 bits per heavy atom. The smallest absolute Gasteiger partial charge is 0.338 e. The Kier molecular flexibility index (Phi) is 5.46. The highest BCUT2D eigenvalue weighted by Crippen LogP contribution is 2.68. The van der Waals surface area contributed by atoms with E-state index in [0.717, 1.165) is 16.3 Å². The molecule has 3 fully saturated rings. The Hall–Kier alpha value is -3.17. The van der Waals surface area contributed by atoms with Crippen LogP contribution in [-0.2, 0) is 14.3 Å². The van der Waals surface area contributed by atoms with Crippen molar-refractivity contribution in [1.29, 1.82) is 0 Å². The summed E-state index contributed by atoms with van der Waals surface area (Å²) in [6, 6.07) is 14.8. The highest BCUT2D eigenvalue weighted by Gasteiger charge is 2.69. The van der Waals surface area contributed by atoms with E-state index in [-0.39, 0.29) is 64.1 Å². The van der Waals surface area contributed by atoms with Gasteiger partial charge < -0.3 is 9.72 Å². The third-order valence-corrected chi connectivity index (χ3v) is 11.5. The molecule has 1 saturated heterocycles. The zero-order valence-corrected chi connectivity index (χ0v) is 22.5. The number of benzene rings is 2. The van der Waals surface area contributed by atoms with Crippen molar-refractivity contribution >= 4 is 46.6 Å². The average molecular weight is 547 g/mol. The van der Waals surface area contributed by atoms with Crippen LogP contribution in [0.1, 0.15) is 45.6 Å². The Balaban J connectivity index is 1.26. The Bertz CT molecular complexity index is 1540. The lowest BCUT2D eigenvalue weighted by atomic mass is 9.67. The SMILES string of the molecule is CCOC(=O)c1ccc(N2C(=O)[C@@H]3[C@H]4C[C@@H]([C@H]3C2=O)[C@H]2[C@@H](c3ccccc3C)c3sc(=O)[nH]c3S[C@H]42)cc1. The number of thiazole rings is 1. The van der Waals surface area contributed by atoms with Gasteiger partial charge in [0.15, 0.2) is 0 Å². The first kappa shape index (κ1) is 23.9. The largest absolute Gasteiger partial charge is 0.462 e. The van der Waals surface area contributed by atoms with E-state index in [1.165, 1.54) is 27.4 Å². The molecule has 9 heteroatoms. The molecule has 2 aromatic carbocycles. The van der Waals surface area contributed by atoms with E-state index in [1.807, 2.05) is 12.1 Å². The predicted molar refractivity (Wildman–Crippen MR) is 145 cm³/mol. The molecular formula is C29H26N2O5S2. The molecule has 0 radical (unpaired) electrons. The third-order valence-electron chi connectivity index (χ3n) is 8.88. The lowest BCUT2D eigenvalue weighted by Crippen LogP contribution is -2.42. The number of aromatic amines is 1. The molecule has 2 bridgehead atoms. The molecule has 3 heterocycles. The van der Waals surface area contributed by atoms with Crippen LogP contribution in [0.2, 0.25) is 0 Å². The standard InChI is InChI=1S/C29H26N2O5S2/c1-3-36-28(34)14-8-10-15(11-9-14)31-26(32)21-17-12-18(22(21)27(31)33)23-20(17)19(16-7-5-4-6-13(16)2)24-25(37-23)30-29(35)38-24/h4-11,17-23H,3,12H2,1-2H3,(H,30,35)/t17-,18-,19-,20+,21-,22-,23-/m1/s1. The van der Waals surface area contributed by atoms with Crippen molar-refractivity contribution in [2.45, 2.75) is 36.5 Å². The van der Waals surface area contributed by atoms with E-state index in [4.69, 9.17) is 4.74 Å². The molecule has 7 atom stereocenters. The van der Waals surface area contributed by atoms with E-state index < -0.39 is 5.97 Å². The number of esters is 1. The van der Waals surface area contributed by atoms with Crippen molar-refractivity contribution in [2.24, 2.45) is 29.6 Å². The maximum Gasteiger partial charge on any atom is 0.338 e. The third kappa shape index (κ3) is 3.27. The zero-order chi connectivity index (χ0) is 26.3. The number of carbonyl (C=O) groups excluding carboxylic acids is 3.